The summed E-state index contributed by atoms with van der Waals surface area (Å²) >= 11 is 3.79. The summed E-state index contributed by atoms with van der Waals surface area (Å²) in [5.74, 6) is -0.986. The minimum atomic E-state index is -2.53. The van der Waals surface area contributed by atoms with Crippen molar-refractivity contribution in [1.29, 1.82) is 0 Å². The molecule has 1 N–H and O–H groups in total. The Kier molecular flexibility index (Phi) is 5.90. The molecule has 1 aliphatic carbocycles. The second-order valence-electron chi connectivity index (χ2n) is 7.08. The number of anilines is 1. The predicted octanol–water partition coefficient (Wildman–Crippen LogP) is 3.97. The Morgan fingerprint density at radius 3 is 2.83 bits per heavy atom. The van der Waals surface area contributed by atoms with Gasteiger partial charge in [0.1, 0.15) is 6.54 Å². The molecule has 156 valence electrons. The molecule has 0 aliphatic heterocycles. The maximum atomic E-state index is 12.3. The number of aliphatic carboxylic acids is 1. The van der Waals surface area contributed by atoms with Gasteiger partial charge < -0.3 is 9.66 Å². The van der Waals surface area contributed by atoms with Gasteiger partial charge in [-0.3, -0.25) is 18.0 Å². The predicted molar refractivity (Wildman–Crippen MR) is 114 cm³/mol. The van der Waals surface area contributed by atoms with Crippen molar-refractivity contribution in [3.8, 4) is 11.1 Å². The highest BCUT2D eigenvalue weighted by atomic mass is 35.5. The van der Waals surface area contributed by atoms with E-state index in [1.165, 1.54) is 8.99 Å². The number of carbonyl (C=O) groups is 1. The second kappa shape index (κ2) is 8.59. The Balaban J connectivity index is 1.74. The number of rotatable bonds is 6. The largest absolute Gasteiger partial charge is 0.755 e. The SMILES string of the molecule is O=C(O)Cn1ncc2c1CCCC2N(c1cccc(-c2ccccc2Cl)c1)S(=O)[O-]. The zero-order valence-corrected chi connectivity index (χ0v) is 17.5. The number of carboxylic acid groups (broad SMARTS) is 1. The third kappa shape index (κ3) is 3.98. The standard InChI is InChI=1S/C21H20ClN3O4S/c22-18-8-2-1-7-16(18)14-5-3-6-15(11-14)25(30(28)29)20-10-4-9-19-17(20)12-23-24(19)13-21(26)27/h1-3,5-8,11-12,20H,4,9-10,13H2,(H,26,27)(H,28,29)/p-1. The molecular weight excluding hydrogens is 426 g/mol. The summed E-state index contributed by atoms with van der Waals surface area (Å²) < 4.78 is 27.4. The highest BCUT2D eigenvalue weighted by molar-refractivity contribution is 7.80. The molecule has 0 saturated heterocycles. The maximum Gasteiger partial charge on any atom is 0.325 e. The van der Waals surface area contributed by atoms with Gasteiger partial charge >= 0.3 is 5.97 Å². The summed E-state index contributed by atoms with van der Waals surface area (Å²) in [6.45, 7) is -0.246. The van der Waals surface area contributed by atoms with Gasteiger partial charge in [0, 0.05) is 38.8 Å². The number of benzene rings is 2. The van der Waals surface area contributed by atoms with Gasteiger partial charge in [0.05, 0.1) is 12.2 Å². The van der Waals surface area contributed by atoms with Crippen LogP contribution < -0.4 is 4.31 Å². The van der Waals surface area contributed by atoms with E-state index in [2.05, 4.69) is 5.10 Å². The first-order valence-corrected chi connectivity index (χ1v) is 10.9. The first kappa shape index (κ1) is 20.6. The molecule has 1 aromatic heterocycles. The number of aromatic nitrogens is 2. The van der Waals surface area contributed by atoms with E-state index in [4.69, 9.17) is 16.7 Å². The van der Waals surface area contributed by atoms with Crippen molar-refractivity contribution in [2.75, 3.05) is 4.31 Å². The quantitative estimate of drug-likeness (QED) is 0.580. The fourth-order valence-electron chi connectivity index (χ4n) is 3.98. The summed E-state index contributed by atoms with van der Waals surface area (Å²) in [7, 11) is 0. The van der Waals surface area contributed by atoms with Crippen LogP contribution in [0.5, 0.6) is 0 Å². The smallest absolute Gasteiger partial charge is 0.325 e. The molecule has 0 saturated carbocycles. The maximum absolute atomic E-state index is 12.3. The molecule has 0 amide bonds. The van der Waals surface area contributed by atoms with Crippen molar-refractivity contribution >= 4 is 34.5 Å². The molecule has 7 nitrogen and oxygen atoms in total. The molecule has 3 aromatic rings. The fraction of sp³-hybridized carbons (Fsp3) is 0.238. The minimum Gasteiger partial charge on any atom is -0.755 e. The van der Waals surface area contributed by atoms with Crippen LogP contribution in [-0.4, -0.2) is 29.6 Å². The highest BCUT2D eigenvalue weighted by Crippen LogP contribution is 2.39. The molecule has 0 spiro atoms. The number of halogens is 1. The summed E-state index contributed by atoms with van der Waals surface area (Å²) in [5, 5.41) is 13.9. The molecule has 1 heterocycles. The van der Waals surface area contributed by atoms with E-state index in [0.717, 1.165) is 28.8 Å². The third-order valence-corrected chi connectivity index (χ3v) is 6.36. The monoisotopic (exact) mass is 444 g/mol. The number of hydrogen-bond acceptors (Lipinski definition) is 4. The van der Waals surface area contributed by atoms with Crippen molar-refractivity contribution in [2.24, 2.45) is 0 Å². The summed E-state index contributed by atoms with van der Waals surface area (Å²) in [6, 6.07) is 14.2. The molecule has 2 atom stereocenters. The van der Waals surface area contributed by atoms with Crippen molar-refractivity contribution in [2.45, 2.75) is 31.8 Å². The lowest BCUT2D eigenvalue weighted by Crippen LogP contribution is -2.33. The molecule has 30 heavy (non-hydrogen) atoms. The number of fused-ring (bicyclic) bond motifs is 1. The van der Waals surface area contributed by atoms with E-state index in [-0.39, 0.29) is 6.54 Å². The van der Waals surface area contributed by atoms with Gasteiger partial charge in [0.25, 0.3) is 0 Å². The van der Waals surface area contributed by atoms with Crippen LogP contribution in [-0.2, 0) is 29.0 Å². The number of nitrogens with zero attached hydrogens (tertiary/aromatic N) is 3. The lowest BCUT2D eigenvalue weighted by molar-refractivity contribution is -0.137. The van der Waals surface area contributed by atoms with E-state index >= 15 is 0 Å². The summed E-state index contributed by atoms with van der Waals surface area (Å²) in [5.41, 5.74) is 3.66. The summed E-state index contributed by atoms with van der Waals surface area (Å²) in [4.78, 5) is 11.1. The highest BCUT2D eigenvalue weighted by Gasteiger charge is 2.30. The Labute approximate surface area is 181 Å². The van der Waals surface area contributed by atoms with E-state index in [1.807, 2.05) is 24.3 Å². The van der Waals surface area contributed by atoms with Crippen LogP contribution in [0.25, 0.3) is 11.1 Å². The minimum absolute atomic E-state index is 0.246. The fourth-order valence-corrected chi connectivity index (χ4v) is 4.94. The van der Waals surface area contributed by atoms with Gasteiger partial charge in [-0.1, -0.05) is 41.9 Å². The van der Waals surface area contributed by atoms with Crippen LogP contribution in [0.1, 0.15) is 30.1 Å². The van der Waals surface area contributed by atoms with Crippen molar-refractivity contribution in [3.05, 3.63) is 71.0 Å². The molecule has 9 heteroatoms. The molecule has 1 aliphatic rings. The van der Waals surface area contributed by atoms with Crippen molar-refractivity contribution < 1.29 is 18.7 Å². The van der Waals surface area contributed by atoms with Gasteiger partial charge in [-0.15, -0.1) is 0 Å². The van der Waals surface area contributed by atoms with Crippen molar-refractivity contribution in [3.63, 3.8) is 0 Å². The Morgan fingerprint density at radius 2 is 2.10 bits per heavy atom. The average Bonchev–Trinajstić information content (AvgIpc) is 3.12. The Bertz CT molecular complexity index is 1120. The summed E-state index contributed by atoms with van der Waals surface area (Å²) in [6.07, 6.45) is 3.61. The topological polar surface area (TPSA) is 98.5 Å². The number of hydrogen-bond donors (Lipinski definition) is 1. The van der Waals surface area contributed by atoms with Crippen LogP contribution in [0.3, 0.4) is 0 Å². The molecule has 0 radical (unpaired) electrons. The molecule has 4 rings (SSSR count). The second-order valence-corrected chi connectivity index (χ2v) is 8.31. The van der Waals surface area contributed by atoms with Gasteiger partial charge in [-0.05, 0) is 43.0 Å². The van der Waals surface area contributed by atoms with Crippen molar-refractivity contribution in [1.82, 2.24) is 9.78 Å². The van der Waals surface area contributed by atoms with Gasteiger partial charge in [-0.2, -0.15) is 5.10 Å². The van der Waals surface area contributed by atoms with Crippen LogP contribution >= 0.6 is 11.6 Å². The molecule has 0 bridgehead atoms. The zero-order valence-electron chi connectivity index (χ0n) is 15.9. The average molecular weight is 445 g/mol. The Hall–Kier alpha value is -2.68. The van der Waals surface area contributed by atoms with Crippen LogP contribution in [0, 0.1) is 0 Å². The van der Waals surface area contributed by atoms with Crippen LogP contribution in [0.2, 0.25) is 5.02 Å². The van der Waals surface area contributed by atoms with E-state index in [9.17, 15) is 13.6 Å². The van der Waals surface area contributed by atoms with E-state index in [0.29, 0.717) is 23.6 Å². The van der Waals surface area contributed by atoms with E-state index in [1.54, 1.807) is 30.5 Å². The van der Waals surface area contributed by atoms with E-state index < -0.39 is 23.3 Å². The molecular formula is C21H19ClN3O4S-. The van der Waals surface area contributed by atoms with Gasteiger partial charge in [0.2, 0.25) is 0 Å². The van der Waals surface area contributed by atoms with Crippen LogP contribution in [0.15, 0.2) is 54.7 Å². The normalized spacial score (nSPS) is 16.7. The lowest BCUT2D eigenvalue weighted by atomic mass is 9.92. The zero-order chi connectivity index (χ0) is 21.3. The Morgan fingerprint density at radius 1 is 1.30 bits per heavy atom. The van der Waals surface area contributed by atoms with Gasteiger partial charge in [0.15, 0.2) is 0 Å². The first-order chi connectivity index (χ1) is 14.5. The lowest BCUT2D eigenvalue weighted by Gasteiger charge is -2.37. The molecule has 2 unspecified atom stereocenters. The first-order valence-electron chi connectivity index (χ1n) is 9.45. The molecule has 2 aromatic carbocycles. The van der Waals surface area contributed by atoms with Crippen LogP contribution in [0.4, 0.5) is 5.69 Å². The number of carboxylic acids is 1. The molecule has 0 fully saturated rings. The van der Waals surface area contributed by atoms with Gasteiger partial charge in [-0.25, -0.2) is 0 Å². The third-order valence-electron chi connectivity index (χ3n) is 5.25.